The van der Waals surface area contributed by atoms with Gasteiger partial charge in [-0.05, 0) is 25.1 Å². The molecule has 0 radical (unpaired) electrons. The van der Waals surface area contributed by atoms with Gasteiger partial charge in [-0.3, -0.25) is 4.79 Å². The van der Waals surface area contributed by atoms with Gasteiger partial charge in [-0.1, -0.05) is 22.9 Å². The highest BCUT2D eigenvalue weighted by atomic mass is 79.9. The Balaban J connectivity index is 2.85. The molecule has 1 amide bonds. The van der Waals surface area contributed by atoms with Gasteiger partial charge in [0, 0.05) is 10.4 Å². The molecule has 1 unspecified atom stereocenters. The molecule has 1 atom stereocenters. The Kier molecular flexibility index (Phi) is 5.02. The number of hydrogen-bond acceptors (Lipinski definition) is 2. The molecule has 0 spiro atoms. The Labute approximate surface area is 107 Å². The van der Waals surface area contributed by atoms with Crippen LogP contribution in [-0.2, 0) is 4.79 Å². The Morgan fingerprint density at radius 2 is 2.00 bits per heavy atom. The molecular weight excluding hydrogens is 294 g/mol. The average molecular weight is 307 g/mol. The minimum atomic E-state index is -0.815. The zero-order chi connectivity index (χ0) is 13.0. The van der Waals surface area contributed by atoms with Crippen LogP contribution in [0.1, 0.15) is 13.3 Å². The van der Waals surface area contributed by atoms with Crippen molar-refractivity contribution >= 4 is 27.5 Å². The van der Waals surface area contributed by atoms with Crippen LogP contribution >= 0.6 is 15.9 Å². The van der Waals surface area contributed by atoms with E-state index in [9.17, 15) is 13.6 Å². The van der Waals surface area contributed by atoms with Gasteiger partial charge in [0.15, 0.2) is 11.6 Å². The van der Waals surface area contributed by atoms with Crippen molar-refractivity contribution in [3.8, 4) is 0 Å². The maximum atomic E-state index is 13.4. The molecule has 1 aromatic carbocycles. The maximum Gasteiger partial charge on any atom is 0.227 e. The van der Waals surface area contributed by atoms with Crippen LogP contribution in [0.2, 0.25) is 0 Å². The molecular formula is C11H13BrF2N2O. The lowest BCUT2D eigenvalue weighted by atomic mass is 10.1. The van der Waals surface area contributed by atoms with E-state index in [0.29, 0.717) is 13.0 Å². The quantitative estimate of drug-likeness (QED) is 0.898. The lowest BCUT2D eigenvalue weighted by Crippen LogP contribution is -2.23. The molecule has 0 aliphatic heterocycles. The van der Waals surface area contributed by atoms with Crippen LogP contribution in [0.3, 0.4) is 0 Å². The lowest BCUT2D eigenvalue weighted by Gasteiger charge is -2.12. The summed E-state index contributed by atoms with van der Waals surface area (Å²) >= 11 is 2.96. The minimum Gasteiger partial charge on any atom is -0.330 e. The summed E-state index contributed by atoms with van der Waals surface area (Å²) in [6.07, 6.45) is 0.464. The van der Waals surface area contributed by atoms with Gasteiger partial charge < -0.3 is 11.1 Å². The monoisotopic (exact) mass is 306 g/mol. The Morgan fingerprint density at radius 1 is 1.47 bits per heavy atom. The first-order valence-corrected chi connectivity index (χ1v) is 5.90. The van der Waals surface area contributed by atoms with Gasteiger partial charge >= 0.3 is 0 Å². The number of benzene rings is 1. The molecule has 17 heavy (non-hydrogen) atoms. The second-order valence-corrected chi connectivity index (χ2v) is 4.63. The van der Waals surface area contributed by atoms with Crippen molar-refractivity contribution in [1.29, 1.82) is 0 Å². The summed E-state index contributed by atoms with van der Waals surface area (Å²) < 4.78 is 27.1. The third kappa shape index (κ3) is 3.74. The van der Waals surface area contributed by atoms with E-state index in [1.54, 1.807) is 6.92 Å². The molecule has 1 aromatic rings. The van der Waals surface area contributed by atoms with E-state index < -0.39 is 23.2 Å². The van der Waals surface area contributed by atoms with Crippen LogP contribution in [0, 0.1) is 17.6 Å². The third-order valence-corrected chi connectivity index (χ3v) is 2.76. The predicted octanol–water partition coefficient (Wildman–Crippen LogP) is 2.65. The first-order chi connectivity index (χ1) is 7.95. The zero-order valence-corrected chi connectivity index (χ0v) is 10.9. The molecule has 94 valence electrons. The summed E-state index contributed by atoms with van der Waals surface area (Å²) in [5, 5.41) is 2.22. The highest BCUT2D eigenvalue weighted by Gasteiger charge is 2.17. The summed E-state index contributed by atoms with van der Waals surface area (Å²) in [7, 11) is 0. The van der Waals surface area contributed by atoms with Gasteiger partial charge in [0.2, 0.25) is 5.91 Å². The van der Waals surface area contributed by atoms with Gasteiger partial charge in [-0.2, -0.15) is 0 Å². The number of amides is 1. The highest BCUT2D eigenvalue weighted by molar-refractivity contribution is 9.10. The minimum absolute atomic E-state index is 0.278. The van der Waals surface area contributed by atoms with Crippen LogP contribution in [0.5, 0.6) is 0 Å². The van der Waals surface area contributed by atoms with Crippen molar-refractivity contribution in [2.45, 2.75) is 13.3 Å². The van der Waals surface area contributed by atoms with Gasteiger partial charge in [0.1, 0.15) is 5.69 Å². The first kappa shape index (κ1) is 14.1. The standard InChI is InChI=1S/C11H13BrF2N2O/c1-6(2-3-15)11(17)16-10-8(13)4-7(12)5-9(10)14/h4-6H,2-3,15H2,1H3,(H,16,17). The second kappa shape index (κ2) is 6.07. The number of halogens is 3. The SMILES string of the molecule is CC(CCN)C(=O)Nc1c(F)cc(Br)cc1F. The summed E-state index contributed by atoms with van der Waals surface area (Å²) in [6, 6.07) is 2.18. The molecule has 0 aromatic heterocycles. The Hall–Kier alpha value is -1.01. The summed E-state index contributed by atoms with van der Waals surface area (Å²) in [6.45, 7) is 2.00. The van der Waals surface area contributed by atoms with Gasteiger partial charge in [-0.15, -0.1) is 0 Å². The average Bonchev–Trinajstić information content (AvgIpc) is 2.23. The highest BCUT2D eigenvalue weighted by Crippen LogP contribution is 2.24. The molecule has 3 N–H and O–H groups in total. The largest absolute Gasteiger partial charge is 0.330 e. The Morgan fingerprint density at radius 3 is 2.47 bits per heavy atom. The van der Waals surface area contributed by atoms with Crippen molar-refractivity contribution in [2.24, 2.45) is 11.7 Å². The molecule has 6 heteroatoms. The number of carbonyl (C=O) groups excluding carboxylic acids is 1. The number of rotatable bonds is 4. The fourth-order valence-electron chi connectivity index (χ4n) is 1.29. The van der Waals surface area contributed by atoms with Gasteiger partial charge in [-0.25, -0.2) is 8.78 Å². The van der Waals surface area contributed by atoms with E-state index in [4.69, 9.17) is 5.73 Å². The predicted molar refractivity (Wildman–Crippen MR) is 65.5 cm³/mol. The number of hydrogen-bond donors (Lipinski definition) is 2. The van der Waals surface area contributed by atoms with Crippen molar-refractivity contribution in [1.82, 2.24) is 0 Å². The number of anilines is 1. The van der Waals surface area contributed by atoms with Crippen molar-refractivity contribution < 1.29 is 13.6 Å². The summed E-state index contributed by atoms with van der Waals surface area (Å²) in [5.41, 5.74) is 4.88. The fraction of sp³-hybridized carbons (Fsp3) is 0.364. The zero-order valence-electron chi connectivity index (χ0n) is 9.27. The van der Waals surface area contributed by atoms with Crippen molar-refractivity contribution in [3.63, 3.8) is 0 Å². The summed E-state index contributed by atoms with van der Waals surface area (Å²) in [4.78, 5) is 11.6. The smallest absolute Gasteiger partial charge is 0.227 e. The van der Waals surface area contributed by atoms with Crippen molar-refractivity contribution in [2.75, 3.05) is 11.9 Å². The molecule has 0 bridgehead atoms. The van der Waals surface area contributed by atoms with Crippen LogP contribution in [-0.4, -0.2) is 12.5 Å². The van der Waals surface area contributed by atoms with E-state index in [-0.39, 0.29) is 10.4 Å². The van der Waals surface area contributed by atoms with E-state index >= 15 is 0 Å². The molecule has 0 saturated carbocycles. The topological polar surface area (TPSA) is 55.1 Å². The van der Waals surface area contributed by atoms with E-state index in [2.05, 4.69) is 21.2 Å². The molecule has 0 aliphatic carbocycles. The molecule has 1 rings (SSSR count). The molecule has 0 fully saturated rings. The lowest BCUT2D eigenvalue weighted by molar-refractivity contribution is -0.119. The summed E-state index contributed by atoms with van der Waals surface area (Å²) in [5.74, 6) is -2.46. The van der Waals surface area contributed by atoms with E-state index in [1.165, 1.54) is 0 Å². The van der Waals surface area contributed by atoms with Crippen LogP contribution in [0.4, 0.5) is 14.5 Å². The Bertz CT molecular complexity index is 403. The number of carbonyl (C=O) groups is 1. The van der Waals surface area contributed by atoms with Gasteiger partial charge in [0.25, 0.3) is 0 Å². The van der Waals surface area contributed by atoms with E-state index in [0.717, 1.165) is 12.1 Å². The van der Waals surface area contributed by atoms with Crippen LogP contribution in [0.25, 0.3) is 0 Å². The first-order valence-electron chi connectivity index (χ1n) is 5.11. The molecule has 3 nitrogen and oxygen atoms in total. The normalized spacial score (nSPS) is 12.3. The molecule has 0 aliphatic rings. The van der Waals surface area contributed by atoms with Crippen LogP contribution < -0.4 is 11.1 Å². The number of nitrogens with two attached hydrogens (primary N) is 1. The fourth-order valence-corrected chi connectivity index (χ4v) is 1.69. The van der Waals surface area contributed by atoms with Crippen LogP contribution in [0.15, 0.2) is 16.6 Å². The van der Waals surface area contributed by atoms with Gasteiger partial charge in [0.05, 0.1) is 0 Å². The van der Waals surface area contributed by atoms with E-state index in [1.807, 2.05) is 0 Å². The third-order valence-electron chi connectivity index (χ3n) is 2.30. The molecule has 0 heterocycles. The van der Waals surface area contributed by atoms with Crippen molar-refractivity contribution in [3.05, 3.63) is 28.2 Å². The molecule has 0 saturated heterocycles. The second-order valence-electron chi connectivity index (χ2n) is 3.71. The number of nitrogens with one attached hydrogen (secondary N) is 1. The maximum absolute atomic E-state index is 13.4.